The normalized spacial score (nSPS) is 10.8. The third-order valence-corrected chi connectivity index (χ3v) is 2.61. The molecule has 0 spiro atoms. The third-order valence-electron chi connectivity index (χ3n) is 1.98. The SMILES string of the molecule is C=C/C=C(\C=C)OC(/C=C\C(=C/CC)SC#N)=C/C.CC.CC.CC. The van der Waals surface area contributed by atoms with E-state index in [4.69, 9.17) is 10.00 Å². The van der Waals surface area contributed by atoms with Crippen LogP contribution in [-0.4, -0.2) is 0 Å². The highest BCUT2D eigenvalue weighted by atomic mass is 32.2. The molecule has 2 nitrogen and oxygen atoms in total. The minimum absolute atomic E-state index is 0.627. The molecule has 0 N–H and O–H groups in total. The van der Waals surface area contributed by atoms with Crippen molar-refractivity contribution in [1.29, 1.82) is 5.26 Å². The first-order chi connectivity index (χ1) is 12.2. The van der Waals surface area contributed by atoms with Gasteiger partial charge in [-0.3, -0.25) is 0 Å². The van der Waals surface area contributed by atoms with Crippen LogP contribution in [-0.2, 0) is 4.74 Å². The van der Waals surface area contributed by atoms with Crippen molar-refractivity contribution in [3.63, 3.8) is 0 Å². The Kier molecular flexibility index (Phi) is 37.1. The molecule has 0 saturated carbocycles. The predicted octanol–water partition coefficient (Wildman–Crippen LogP) is 8.31. The van der Waals surface area contributed by atoms with Gasteiger partial charge in [0.1, 0.15) is 16.9 Å². The van der Waals surface area contributed by atoms with Gasteiger partial charge in [0.2, 0.25) is 0 Å². The van der Waals surface area contributed by atoms with E-state index < -0.39 is 0 Å². The van der Waals surface area contributed by atoms with E-state index in [0.717, 1.165) is 23.1 Å². The van der Waals surface area contributed by atoms with Crippen LogP contribution in [0.4, 0.5) is 0 Å². The Bertz CT molecular complexity index is 463. The highest BCUT2D eigenvalue weighted by molar-refractivity contribution is 8.07. The van der Waals surface area contributed by atoms with Gasteiger partial charge in [-0.1, -0.05) is 73.8 Å². The minimum Gasteiger partial charge on any atom is -0.458 e. The summed E-state index contributed by atoms with van der Waals surface area (Å²) in [5, 5.41) is 10.8. The predicted molar refractivity (Wildman–Crippen MR) is 118 cm³/mol. The van der Waals surface area contributed by atoms with E-state index in [2.05, 4.69) is 18.6 Å². The number of thioether (sulfide) groups is 1. The lowest BCUT2D eigenvalue weighted by molar-refractivity contribution is 0.335. The molecule has 0 amide bonds. The van der Waals surface area contributed by atoms with Gasteiger partial charge in [0.15, 0.2) is 0 Å². The van der Waals surface area contributed by atoms with Gasteiger partial charge in [-0.05, 0) is 55.5 Å². The molecule has 0 aliphatic carbocycles. The molecule has 0 aromatic heterocycles. The molecule has 142 valence electrons. The van der Waals surface area contributed by atoms with E-state index in [0.29, 0.717) is 11.5 Å². The molecule has 0 radical (unpaired) electrons. The number of hydrogen-bond acceptors (Lipinski definition) is 3. The first-order valence-corrected chi connectivity index (χ1v) is 9.76. The van der Waals surface area contributed by atoms with E-state index >= 15 is 0 Å². The number of rotatable bonds is 8. The van der Waals surface area contributed by atoms with Crippen molar-refractivity contribution in [2.75, 3.05) is 0 Å². The van der Waals surface area contributed by atoms with Crippen LogP contribution in [0.2, 0.25) is 0 Å². The van der Waals surface area contributed by atoms with Crippen LogP contribution in [0.5, 0.6) is 0 Å². The van der Waals surface area contributed by atoms with Crippen molar-refractivity contribution in [1.82, 2.24) is 0 Å². The molecule has 0 fully saturated rings. The van der Waals surface area contributed by atoms with Gasteiger partial charge in [-0.15, -0.1) is 0 Å². The summed E-state index contributed by atoms with van der Waals surface area (Å²) >= 11 is 1.13. The highest BCUT2D eigenvalue weighted by Crippen LogP contribution is 2.18. The Morgan fingerprint density at radius 2 is 1.60 bits per heavy atom. The Morgan fingerprint density at radius 3 is 1.96 bits per heavy atom. The summed E-state index contributed by atoms with van der Waals surface area (Å²) < 4.78 is 5.62. The fourth-order valence-electron chi connectivity index (χ4n) is 1.15. The van der Waals surface area contributed by atoms with Crippen molar-refractivity contribution in [3.05, 3.63) is 72.1 Å². The van der Waals surface area contributed by atoms with E-state index in [1.165, 1.54) is 0 Å². The summed E-state index contributed by atoms with van der Waals surface area (Å²) in [6.07, 6.45) is 13.4. The molecule has 0 rings (SSSR count). The summed E-state index contributed by atoms with van der Waals surface area (Å²) in [6.45, 7) is 23.2. The second-order valence-electron chi connectivity index (χ2n) is 3.34. The average Bonchev–Trinajstić information content (AvgIpc) is 2.69. The van der Waals surface area contributed by atoms with Crippen molar-refractivity contribution in [2.45, 2.75) is 61.8 Å². The second-order valence-corrected chi connectivity index (χ2v) is 4.20. The fourth-order valence-corrected chi connectivity index (χ4v) is 1.64. The van der Waals surface area contributed by atoms with Crippen LogP contribution in [0.25, 0.3) is 0 Å². The minimum atomic E-state index is 0.627. The van der Waals surface area contributed by atoms with E-state index in [9.17, 15) is 0 Å². The van der Waals surface area contributed by atoms with Gasteiger partial charge in [0.25, 0.3) is 0 Å². The zero-order valence-electron chi connectivity index (χ0n) is 17.4. The Morgan fingerprint density at radius 1 is 1.04 bits per heavy atom. The number of thiocyanates is 1. The molecule has 0 bridgehead atoms. The van der Waals surface area contributed by atoms with Crippen molar-refractivity contribution in [2.24, 2.45) is 0 Å². The van der Waals surface area contributed by atoms with Gasteiger partial charge in [0.05, 0.1) is 0 Å². The molecular weight excluding hydrogens is 326 g/mol. The topological polar surface area (TPSA) is 33.0 Å². The molecule has 0 heterocycles. The number of nitrogens with zero attached hydrogens (tertiary/aromatic N) is 1. The summed E-state index contributed by atoms with van der Waals surface area (Å²) in [5.41, 5.74) is 0. The summed E-state index contributed by atoms with van der Waals surface area (Å²) in [7, 11) is 0. The number of ether oxygens (including phenoxy) is 1. The second kappa shape index (κ2) is 30.0. The third kappa shape index (κ3) is 22.1. The summed E-state index contributed by atoms with van der Waals surface area (Å²) in [6, 6.07) is 0. The van der Waals surface area contributed by atoms with Gasteiger partial charge in [-0.25, -0.2) is 0 Å². The Labute approximate surface area is 161 Å². The van der Waals surface area contributed by atoms with Crippen molar-refractivity contribution >= 4 is 11.8 Å². The summed E-state index contributed by atoms with van der Waals surface area (Å²) in [5.74, 6) is 1.32. The Balaban J connectivity index is -0.000000329. The van der Waals surface area contributed by atoms with Gasteiger partial charge in [0, 0.05) is 4.91 Å². The lowest BCUT2D eigenvalue weighted by Gasteiger charge is -2.06. The fraction of sp³-hybridized carbons (Fsp3) is 0.409. The smallest absolute Gasteiger partial charge is 0.138 e. The molecule has 0 atom stereocenters. The maximum Gasteiger partial charge on any atom is 0.138 e. The van der Waals surface area contributed by atoms with Crippen LogP contribution >= 0.6 is 11.8 Å². The van der Waals surface area contributed by atoms with Crippen LogP contribution < -0.4 is 0 Å². The molecule has 3 heteroatoms. The first kappa shape index (κ1) is 30.9. The summed E-state index contributed by atoms with van der Waals surface area (Å²) in [4.78, 5) is 0.904. The quantitative estimate of drug-likeness (QED) is 0.247. The van der Waals surface area contributed by atoms with Crippen LogP contribution in [0.15, 0.2) is 72.1 Å². The average molecular weight is 364 g/mol. The Hall–Kier alpha value is -1.92. The van der Waals surface area contributed by atoms with Crippen molar-refractivity contribution in [3.8, 4) is 5.40 Å². The standard InChI is InChI=1S/C16H19NOS.3C2H6/c1-5-9-14(7-3)18-15(8-4)11-12-16(10-6-2)19-13-17;3*1-2/h5,7-12H,1,3,6H2,2,4H3;3*1-2H3/b12-11-,14-9+,15-8+,16-10+;;;. The number of nitriles is 1. The molecule has 25 heavy (non-hydrogen) atoms. The molecule has 0 saturated heterocycles. The molecule has 0 aliphatic heterocycles. The zero-order valence-corrected chi connectivity index (χ0v) is 18.2. The monoisotopic (exact) mass is 363 g/mol. The van der Waals surface area contributed by atoms with E-state index in [1.54, 1.807) is 18.2 Å². The number of allylic oxidation sites excluding steroid dienone is 7. The van der Waals surface area contributed by atoms with Gasteiger partial charge >= 0.3 is 0 Å². The number of hydrogen-bond donors (Lipinski definition) is 0. The van der Waals surface area contributed by atoms with E-state index in [-0.39, 0.29) is 0 Å². The molecule has 0 aliphatic rings. The molecule has 0 unspecified atom stereocenters. The molecule has 0 aromatic carbocycles. The lowest BCUT2D eigenvalue weighted by atomic mass is 10.3. The largest absolute Gasteiger partial charge is 0.458 e. The van der Waals surface area contributed by atoms with Gasteiger partial charge in [-0.2, -0.15) is 5.26 Å². The highest BCUT2D eigenvalue weighted by Gasteiger charge is 1.97. The van der Waals surface area contributed by atoms with Crippen molar-refractivity contribution < 1.29 is 4.74 Å². The van der Waals surface area contributed by atoms with Crippen LogP contribution in [0.1, 0.15) is 61.8 Å². The van der Waals surface area contributed by atoms with Crippen LogP contribution in [0.3, 0.4) is 0 Å². The lowest BCUT2D eigenvalue weighted by Crippen LogP contribution is -1.88. The molecule has 0 aromatic rings. The first-order valence-electron chi connectivity index (χ1n) is 8.95. The van der Waals surface area contributed by atoms with Crippen LogP contribution in [0, 0.1) is 10.7 Å². The maximum atomic E-state index is 8.70. The zero-order chi connectivity index (χ0) is 20.5. The molecular formula is C22H37NOS. The van der Waals surface area contributed by atoms with E-state index in [1.807, 2.05) is 79.7 Å². The van der Waals surface area contributed by atoms with Gasteiger partial charge < -0.3 is 4.74 Å². The maximum absolute atomic E-state index is 8.70.